The van der Waals surface area contributed by atoms with E-state index in [1.54, 1.807) is 19.4 Å². The van der Waals surface area contributed by atoms with Gasteiger partial charge in [0.1, 0.15) is 12.0 Å². The second kappa shape index (κ2) is 6.29. The number of hydrogen-bond donors (Lipinski definition) is 0. The Bertz CT molecular complexity index is 815. The van der Waals surface area contributed by atoms with Gasteiger partial charge in [-0.1, -0.05) is 12.8 Å². The molecule has 25 heavy (non-hydrogen) atoms. The van der Waals surface area contributed by atoms with Gasteiger partial charge in [-0.25, -0.2) is 14.8 Å². The highest BCUT2D eigenvalue weighted by Crippen LogP contribution is 2.43. The van der Waals surface area contributed by atoms with Gasteiger partial charge in [-0.05, 0) is 38.3 Å². The number of esters is 1. The molecule has 0 saturated heterocycles. The molecule has 4 rings (SSSR count). The lowest BCUT2D eigenvalue weighted by atomic mass is 10.0. The number of anilines is 1. The fraction of sp³-hybridized carbons (Fsp3) is 0.529. The van der Waals surface area contributed by atoms with Crippen molar-refractivity contribution in [3.63, 3.8) is 0 Å². The van der Waals surface area contributed by atoms with Crippen LogP contribution in [0.2, 0.25) is 5.28 Å². The molecule has 2 aromatic rings. The molecule has 8 heteroatoms. The zero-order valence-electron chi connectivity index (χ0n) is 14.3. The average molecular weight is 362 g/mol. The summed E-state index contributed by atoms with van der Waals surface area (Å²) in [4.78, 5) is 27.6. The van der Waals surface area contributed by atoms with Crippen molar-refractivity contribution in [2.45, 2.75) is 51.6 Å². The highest BCUT2D eigenvalue weighted by molar-refractivity contribution is 6.28. The van der Waals surface area contributed by atoms with Crippen molar-refractivity contribution in [1.29, 1.82) is 0 Å². The molecule has 0 N–H and O–H groups in total. The molecule has 0 unspecified atom stereocenters. The summed E-state index contributed by atoms with van der Waals surface area (Å²) in [6, 6.07) is 0.321. The van der Waals surface area contributed by atoms with Crippen molar-refractivity contribution in [1.82, 2.24) is 19.5 Å². The lowest BCUT2D eigenvalue weighted by Gasteiger charge is -2.40. The minimum atomic E-state index is -0.396. The standard InChI is InChI=1S/C17H20ClN5O2/c1-3-25-16(24)13-14-10(2)23(11-6-4-5-7-11)15-12(22(14)9-20-13)8-19-17(18)21-15/h8-11H,3-7H2,1-2H3/t10-/m1/s1. The van der Waals surface area contributed by atoms with Gasteiger partial charge in [0.25, 0.3) is 0 Å². The monoisotopic (exact) mass is 361 g/mol. The molecule has 0 aromatic carbocycles. The smallest absolute Gasteiger partial charge is 0.358 e. The predicted molar refractivity (Wildman–Crippen MR) is 93.3 cm³/mol. The summed E-state index contributed by atoms with van der Waals surface area (Å²) in [6.45, 7) is 4.19. The summed E-state index contributed by atoms with van der Waals surface area (Å²) in [5.74, 6) is 0.410. The van der Waals surface area contributed by atoms with Crippen LogP contribution in [-0.2, 0) is 4.74 Å². The Balaban J connectivity index is 1.88. The van der Waals surface area contributed by atoms with Crippen LogP contribution in [0, 0.1) is 0 Å². The number of imidazole rings is 1. The molecular formula is C17H20ClN5O2. The van der Waals surface area contributed by atoms with Crippen LogP contribution in [0.4, 0.5) is 5.82 Å². The van der Waals surface area contributed by atoms with Gasteiger partial charge in [0.15, 0.2) is 11.5 Å². The molecule has 1 fully saturated rings. The van der Waals surface area contributed by atoms with E-state index >= 15 is 0 Å². The van der Waals surface area contributed by atoms with Crippen molar-refractivity contribution in [3.05, 3.63) is 29.2 Å². The Morgan fingerprint density at radius 2 is 2.12 bits per heavy atom. The van der Waals surface area contributed by atoms with E-state index in [0.717, 1.165) is 30.0 Å². The topological polar surface area (TPSA) is 73.1 Å². The van der Waals surface area contributed by atoms with Gasteiger partial charge in [-0.3, -0.25) is 4.57 Å². The normalized spacial score (nSPS) is 19.6. The molecule has 1 atom stereocenters. The van der Waals surface area contributed by atoms with Gasteiger partial charge in [0.2, 0.25) is 5.28 Å². The van der Waals surface area contributed by atoms with Gasteiger partial charge in [0.05, 0.1) is 24.5 Å². The van der Waals surface area contributed by atoms with E-state index in [0.29, 0.717) is 18.3 Å². The zero-order chi connectivity index (χ0) is 17.6. The van der Waals surface area contributed by atoms with Crippen LogP contribution in [0.25, 0.3) is 5.69 Å². The molecular weight excluding hydrogens is 342 g/mol. The SMILES string of the molecule is CCOC(=O)c1ncn2c1[C@@H](C)N(C1CCCC1)c1nc(Cl)ncc1-2. The third-order valence-electron chi connectivity index (χ3n) is 5.03. The summed E-state index contributed by atoms with van der Waals surface area (Å²) in [6.07, 6.45) is 7.94. The van der Waals surface area contributed by atoms with Crippen LogP contribution in [0.3, 0.4) is 0 Å². The molecule has 1 aliphatic carbocycles. The van der Waals surface area contributed by atoms with Gasteiger partial charge < -0.3 is 9.64 Å². The van der Waals surface area contributed by atoms with Gasteiger partial charge in [-0.2, -0.15) is 4.98 Å². The van der Waals surface area contributed by atoms with Crippen LogP contribution in [0.15, 0.2) is 12.5 Å². The number of rotatable bonds is 3. The van der Waals surface area contributed by atoms with Crippen molar-refractivity contribution in [2.75, 3.05) is 11.5 Å². The molecule has 0 bridgehead atoms. The molecule has 1 saturated carbocycles. The van der Waals surface area contributed by atoms with E-state index in [1.807, 2.05) is 4.57 Å². The number of nitrogens with zero attached hydrogens (tertiary/aromatic N) is 5. The molecule has 7 nitrogen and oxygen atoms in total. The number of halogens is 1. The number of carbonyl (C=O) groups excluding carboxylic acids is 1. The first-order valence-corrected chi connectivity index (χ1v) is 9.05. The zero-order valence-corrected chi connectivity index (χ0v) is 15.0. The van der Waals surface area contributed by atoms with Crippen LogP contribution in [-0.4, -0.2) is 38.1 Å². The number of carbonyl (C=O) groups is 1. The van der Waals surface area contributed by atoms with E-state index in [-0.39, 0.29) is 11.3 Å². The lowest BCUT2D eigenvalue weighted by molar-refractivity contribution is 0.0518. The number of aromatic nitrogens is 4. The molecule has 0 radical (unpaired) electrons. The molecule has 1 aliphatic heterocycles. The first-order valence-electron chi connectivity index (χ1n) is 8.67. The van der Waals surface area contributed by atoms with Gasteiger partial charge >= 0.3 is 5.97 Å². The van der Waals surface area contributed by atoms with E-state index in [1.165, 1.54) is 12.8 Å². The Kier molecular flexibility index (Phi) is 4.11. The third-order valence-corrected chi connectivity index (χ3v) is 5.21. The number of fused-ring (bicyclic) bond motifs is 3. The first-order chi connectivity index (χ1) is 12.1. The fourth-order valence-corrected chi connectivity index (χ4v) is 4.13. The molecule has 2 aliphatic rings. The van der Waals surface area contributed by atoms with Crippen molar-refractivity contribution in [2.24, 2.45) is 0 Å². The van der Waals surface area contributed by atoms with Crippen molar-refractivity contribution >= 4 is 23.4 Å². The second-order valence-electron chi connectivity index (χ2n) is 6.44. The maximum Gasteiger partial charge on any atom is 0.358 e. The van der Waals surface area contributed by atoms with E-state index in [4.69, 9.17) is 16.3 Å². The predicted octanol–water partition coefficient (Wildman–Crippen LogP) is 3.32. The van der Waals surface area contributed by atoms with Crippen LogP contribution in [0.5, 0.6) is 0 Å². The molecule has 2 aromatic heterocycles. The summed E-state index contributed by atoms with van der Waals surface area (Å²) in [5, 5.41) is 0.225. The van der Waals surface area contributed by atoms with E-state index in [2.05, 4.69) is 26.8 Å². The molecule has 132 valence electrons. The molecule has 3 heterocycles. The van der Waals surface area contributed by atoms with Crippen molar-refractivity contribution < 1.29 is 9.53 Å². The summed E-state index contributed by atoms with van der Waals surface area (Å²) >= 11 is 6.07. The largest absolute Gasteiger partial charge is 0.461 e. The second-order valence-corrected chi connectivity index (χ2v) is 6.78. The van der Waals surface area contributed by atoms with E-state index in [9.17, 15) is 4.79 Å². The fourth-order valence-electron chi connectivity index (χ4n) is 4.00. The lowest BCUT2D eigenvalue weighted by Crippen LogP contribution is -2.41. The minimum absolute atomic E-state index is 0.0523. The summed E-state index contributed by atoms with van der Waals surface area (Å²) < 4.78 is 7.07. The molecule has 0 spiro atoms. The van der Waals surface area contributed by atoms with Crippen LogP contribution >= 0.6 is 11.6 Å². The number of ether oxygens (including phenoxy) is 1. The van der Waals surface area contributed by atoms with Crippen molar-refractivity contribution in [3.8, 4) is 5.69 Å². The summed E-state index contributed by atoms with van der Waals surface area (Å²) in [5.41, 5.74) is 1.98. The highest BCUT2D eigenvalue weighted by atomic mass is 35.5. The van der Waals surface area contributed by atoms with Crippen LogP contribution < -0.4 is 4.90 Å². The Hall–Kier alpha value is -2.15. The highest BCUT2D eigenvalue weighted by Gasteiger charge is 2.39. The van der Waals surface area contributed by atoms with Gasteiger partial charge in [0, 0.05) is 6.04 Å². The quantitative estimate of drug-likeness (QED) is 0.616. The minimum Gasteiger partial charge on any atom is -0.461 e. The van der Waals surface area contributed by atoms with Crippen LogP contribution in [0.1, 0.15) is 61.8 Å². The first kappa shape index (κ1) is 16.3. The summed E-state index contributed by atoms with van der Waals surface area (Å²) in [7, 11) is 0. The Morgan fingerprint density at radius 1 is 1.36 bits per heavy atom. The van der Waals surface area contributed by atoms with Gasteiger partial charge in [-0.15, -0.1) is 0 Å². The maximum absolute atomic E-state index is 12.3. The molecule has 0 amide bonds. The van der Waals surface area contributed by atoms with E-state index < -0.39 is 5.97 Å². The number of hydrogen-bond acceptors (Lipinski definition) is 6. The average Bonchev–Trinajstić information content (AvgIpc) is 3.24. The third kappa shape index (κ3) is 2.57. The maximum atomic E-state index is 12.3. The Labute approximate surface area is 151 Å². The Morgan fingerprint density at radius 3 is 2.84 bits per heavy atom.